The number of aryl methyl sites for hydroxylation is 2. The lowest BCUT2D eigenvalue weighted by molar-refractivity contribution is 0.103. The topological polar surface area (TPSA) is 86.6 Å². The van der Waals surface area contributed by atoms with Gasteiger partial charge in [-0.2, -0.15) is 5.26 Å². The summed E-state index contributed by atoms with van der Waals surface area (Å²) >= 11 is 0. The van der Waals surface area contributed by atoms with Gasteiger partial charge in [-0.05, 0) is 32.0 Å². The van der Waals surface area contributed by atoms with Crippen LogP contribution in [-0.4, -0.2) is 15.8 Å². The third-order valence-electron chi connectivity index (χ3n) is 2.78. The molecule has 5 heteroatoms. The number of nitrogens with zero attached hydrogens (tertiary/aromatic N) is 2. The number of aromatic nitrogens is 2. The maximum atomic E-state index is 12.3. The minimum absolute atomic E-state index is 0.0750. The van der Waals surface area contributed by atoms with E-state index >= 15 is 0 Å². The van der Waals surface area contributed by atoms with Gasteiger partial charge < -0.3 is 4.98 Å². The Labute approximate surface area is 109 Å². The number of carbonyl (C=O) groups is 1. The molecule has 0 aliphatic rings. The summed E-state index contributed by atoms with van der Waals surface area (Å²) < 4.78 is 0. The molecule has 1 N–H and O–H groups in total. The quantitative estimate of drug-likeness (QED) is 0.821. The second kappa shape index (κ2) is 4.86. The summed E-state index contributed by atoms with van der Waals surface area (Å²) in [6.45, 7) is 3.45. The van der Waals surface area contributed by atoms with Crippen LogP contribution >= 0.6 is 0 Å². The second-order valence-electron chi connectivity index (χ2n) is 4.18. The Bertz CT molecular complexity index is 737. The molecule has 0 saturated heterocycles. The normalized spacial score (nSPS) is 9.95. The molecule has 0 atom stereocenters. The fraction of sp³-hybridized carbons (Fsp3) is 0.143. The van der Waals surface area contributed by atoms with E-state index in [1.807, 2.05) is 6.92 Å². The standard InChI is InChI=1S/C14H11N3O2/c1-8-3-4-10(7-16-8)13(18)12-5-11(6-15)14(19)17-9(12)2/h3-5,7H,1-2H3,(H,17,19). The van der Waals surface area contributed by atoms with E-state index < -0.39 is 5.56 Å². The lowest BCUT2D eigenvalue weighted by atomic mass is 10.0. The van der Waals surface area contributed by atoms with Gasteiger partial charge in [0.25, 0.3) is 5.56 Å². The van der Waals surface area contributed by atoms with Gasteiger partial charge in [-0.3, -0.25) is 14.6 Å². The Hall–Kier alpha value is -2.74. The molecule has 0 aliphatic carbocycles. The van der Waals surface area contributed by atoms with E-state index in [4.69, 9.17) is 5.26 Å². The summed E-state index contributed by atoms with van der Waals surface area (Å²) in [5.41, 5.74) is 1.42. The second-order valence-corrected chi connectivity index (χ2v) is 4.18. The van der Waals surface area contributed by atoms with Gasteiger partial charge >= 0.3 is 0 Å². The van der Waals surface area contributed by atoms with E-state index in [-0.39, 0.29) is 11.3 Å². The van der Waals surface area contributed by atoms with Crippen LogP contribution in [0.15, 0.2) is 29.2 Å². The maximum Gasteiger partial charge on any atom is 0.266 e. The summed E-state index contributed by atoms with van der Waals surface area (Å²) in [5, 5.41) is 8.83. The summed E-state index contributed by atoms with van der Waals surface area (Å²) in [4.78, 5) is 30.3. The van der Waals surface area contributed by atoms with Crippen LogP contribution in [-0.2, 0) is 0 Å². The fourth-order valence-corrected chi connectivity index (χ4v) is 1.70. The average molecular weight is 253 g/mol. The number of carbonyl (C=O) groups excluding carboxylic acids is 1. The number of pyridine rings is 2. The predicted molar refractivity (Wildman–Crippen MR) is 68.9 cm³/mol. The molecule has 2 rings (SSSR count). The molecular weight excluding hydrogens is 242 g/mol. The van der Waals surface area contributed by atoms with Crippen molar-refractivity contribution >= 4 is 5.78 Å². The summed E-state index contributed by atoms with van der Waals surface area (Å²) in [6.07, 6.45) is 1.48. The van der Waals surface area contributed by atoms with Crippen LogP contribution in [0.5, 0.6) is 0 Å². The van der Waals surface area contributed by atoms with Crippen molar-refractivity contribution in [1.29, 1.82) is 5.26 Å². The SMILES string of the molecule is Cc1ccc(C(=O)c2cc(C#N)c(=O)[nH]c2C)cn1. The first-order valence-corrected chi connectivity index (χ1v) is 5.64. The monoisotopic (exact) mass is 253 g/mol. The highest BCUT2D eigenvalue weighted by Crippen LogP contribution is 2.12. The van der Waals surface area contributed by atoms with E-state index in [0.717, 1.165) is 5.69 Å². The highest BCUT2D eigenvalue weighted by Gasteiger charge is 2.15. The van der Waals surface area contributed by atoms with Crippen molar-refractivity contribution in [3.63, 3.8) is 0 Å². The first-order chi connectivity index (χ1) is 9.02. The molecule has 0 unspecified atom stereocenters. The van der Waals surface area contributed by atoms with E-state index in [1.165, 1.54) is 12.3 Å². The van der Waals surface area contributed by atoms with E-state index in [0.29, 0.717) is 16.8 Å². The van der Waals surface area contributed by atoms with E-state index in [2.05, 4.69) is 9.97 Å². The van der Waals surface area contributed by atoms with Gasteiger partial charge in [0.1, 0.15) is 11.6 Å². The van der Waals surface area contributed by atoms with E-state index in [9.17, 15) is 9.59 Å². The van der Waals surface area contributed by atoms with Crippen molar-refractivity contribution in [3.05, 3.63) is 62.8 Å². The predicted octanol–water partition coefficient (Wildman–Crippen LogP) is 1.49. The van der Waals surface area contributed by atoms with Crippen LogP contribution in [0.2, 0.25) is 0 Å². The molecular formula is C14H11N3O2. The highest BCUT2D eigenvalue weighted by molar-refractivity contribution is 6.09. The van der Waals surface area contributed by atoms with Crippen molar-refractivity contribution in [3.8, 4) is 6.07 Å². The Kier molecular flexibility index (Phi) is 3.25. The molecule has 0 aliphatic heterocycles. The van der Waals surface area contributed by atoms with Gasteiger partial charge in [0.2, 0.25) is 0 Å². The lowest BCUT2D eigenvalue weighted by Crippen LogP contribution is -2.16. The van der Waals surface area contributed by atoms with Crippen LogP contribution in [0, 0.1) is 25.2 Å². The summed E-state index contributed by atoms with van der Waals surface area (Å²) in [7, 11) is 0. The molecule has 2 heterocycles. The number of hydrogen-bond acceptors (Lipinski definition) is 4. The van der Waals surface area contributed by atoms with Crippen molar-refractivity contribution in [2.24, 2.45) is 0 Å². The summed E-state index contributed by atoms with van der Waals surface area (Å²) in [6, 6.07) is 6.49. The maximum absolute atomic E-state index is 12.3. The Morgan fingerprint density at radius 1 is 1.37 bits per heavy atom. The minimum atomic E-state index is -0.487. The van der Waals surface area contributed by atoms with Crippen LogP contribution in [0.25, 0.3) is 0 Å². The van der Waals surface area contributed by atoms with Crippen LogP contribution < -0.4 is 5.56 Å². The number of nitrogens with one attached hydrogen (secondary N) is 1. The molecule has 0 amide bonds. The van der Waals surface area contributed by atoms with Crippen LogP contribution in [0.3, 0.4) is 0 Å². The minimum Gasteiger partial charge on any atom is -0.325 e. The van der Waals surface area contributed by atoms with Gasteiger partial charge in [0, 0.05) is 28.7 Å². The third kappa shape index (κ3) is 2.43. The van der Waals surface area contributed by atoms with Gasteiger partial charge in [0.15, 0.2) is 5.78 Å². The molecule has 0 bridgehead atoms. The van der Waals surface area contributed by atoms with Crippen molar-refractivity contribution < 1.29 is 4.79 Å². The number of nitriles is 1. The van der Waals surface area contributed by atoms with Gasteiger partial charge in [-0.1, -0.05) is 0 Å². The van der Waals surface area contributed by atoms with Crippen LogP contribution in [0.1, 0.15) is 32.9 Å². The van der Waals surface area contributed by atoms with Crippen molar-refractivity contribution in [1.82, 2.24) is 9.97 Å². The molecule has 0 radical (unpaired) electrons. The molecule has 2 aromatic heterocycles. The summed E-state index contributed by atoms with van der Waals surface area (Å²) in [5.74, 6) is -0.266. The van der Waals surface area contributed by atoms with Crippen LogP contribution in [0.4, 0.5) is 0 Å². The molecule has 0 fully saturated rings. The third-order valence-corrected chi connectivity index (χ3v) is 2.78. The van der Waals surface area contributed by atoms with E-state index in [1.54, 1.807) is 25.1 Å². The van der Waals surface area contributed by atoms with Gasteiger partial charge in [-0.25, -0.2) is 0 Å². The Morgan fingerprint density at radius 3 is 2.68 bits per heavy atom. The number of ketones is 1. The smallest absolute Gasteiger partial charge is 0.266 e. The molecule has 94 valence electrons. The first-order valence-electron chi connectivity index (χ1n) is 5.64. The van der Waals surface area contributed by atoms with Crippen molar-refractivity contribution in [2.75, 3.05) is 0 Å². The fourth-order valence-electron chi connectivity index (χ4n) is 1.70. The number of hydrogen-bond donors (Lipinski definition) is 1. The molecule has 0 spiro atoms. The zero-order valence-electron chi connectivity index (χ0n) is 10.5. The zero-order chi connectivity index (χ0) is 14.0. The highest BCUT2D eigenvalue weighted by atomic mass is 16.1. The molecule has 0 aromatic carbocycles. The van der Waals surface area contributed by atoms with Gasteiger partial charge in [0.05, 0.1) is 0 Å². The Morgan fingerprint density at radius 2 is 2.11 bits per heavy atom. The number of H-pyrrole nitrogens is 1. The average Bonchev–Trinajstić information content (AvgIpc) is 2.39. The molecule has 0 saturated carbocycles. The number of rotatable bonds is 2. The molecule has 5 nitrogen and oxygen atoms in total. The van der Waals surface area contributed by atoms with Gasteiger partial charge in [-0.15, -0.1) is 0 Å². The largest absolute Gasteiger partial charge is 0.325 e. The molecule has 19 heavy (non-hydrogen) atoms. The number of aromatic amines is 1. The van der Waals surface area contributed by atoms with Crippen molar-refractivity contribution in [2.45, 2.75) is 13.8 Å². The first kappa shape index (κ1) is 12.7. The Balaban J connectivity index is 2.53. The lowest BCUT2D eigenvalue weighted by Gasteiger charge is -2.05. The zero-order valence-corrected chi connectivity index (χ0v) is 10.5. The molecule has 2 aromatic rings.